The van der Waals surface area contributed by atoms with Gasteiger partial charge in [0.05, 0.1) is 10.7 Å². The first-order valence-corrected chi connectivity index (χ1v) is 7.43. The summed E-state index contributed by atoms with van der Waals surface area (Å²) < 4.78 is 0. The molecule has 0 unspecified atom stereocenters. The van der Waals surface area contributed by atoms with Gasteiger partial charge in [-0.1, -0.05) is 18.5 Å². The average molecular weight is 281 g/mol. The van der Waals surface area contributed by atoms with Crippen LogP contribution in [-0.2, 0) is 4.79 Å². The van der Waals surface area contributed by atoms with Crippen LogP contribution in [0.2, 0.25) is 5.02 Å². The minimum Gasteiger partial charge on any atom is -0.370 e. The van der Waals surface area contributed by atoms with Crippen LogP contribution in [-0.4, -0.2) is 19.0 Å². The SMILES string of the molecule is CCCC(=O)Nc1ccc(N2CCCCC2)c(Cl)c1. The standard InChI is InChI=1S/C15H21ClN2O/c1-2-6-15(19)17-12-7-8-14(13(16)11-12)18-9-4-3-5-10-18/h7-8,11H,2-6,9-10H2,1H3,(H,17,19). The van der Waals surface area contributed by atoms with Crippen LogP contribution in [0.5, 0.6) is 0 Å². The zero-order valence-corrected chi connectivity index (χ0v) is 12.2. The third-order valence-electron chi connectivity index (χ3n) is 3.41. The molecule has 1 aliphatic heterocycles. The maximum Gasteiger partial charge on any atom is 0.224 e. The van der Waals surface area contributed by atoms with E-state index in [1.54, 1.807) is 0 Å². The maximum atomic E-state index is 11.5. The molecule has 0 radical (unpaired) electrons. The highest BCUT2D eigenvalue weighted by atomic mass is 35.5. The fraction of sp³-hybridized carbons (Fsp3) is 0.533. The van der Waals surface area contributed by atoms with Crippen molar-refractivity contribution in [2.75, 3.05) is 23.3 Å². The number of benzene rings is 1. The van der Waals surface area contributed by atoms with Crippen LogP contribution in [0.15, 0.2) is 18.2 Å². The van der Waals surface area contributed by atoms with Gasteiger partial charge in [-0.25, -0.2) is 0 Å². The molecule has 4 heteroatoms. The van der Waals surface area contributed by atoms with Crippen molar-refractivity contribution in [3.63, 3.8) is 0 Å². The summed E-state index contributed by atoms with van der Waals surface area (Å²) in [5.41, 5.74) is 1.86. The van der Waals surface area contributed by atoms with E-state index in [4.69, 9.17) is 11.6 Å². The Labute approximate surface area is 119 Å². The molecule has 1 fully saturated rings. The molecule has 0 bridgehead atoms. The highest BCUT2D eigenvalue weighted by Crippen LogP contribution is 2.30. The third-order valence-corrected chi connectivity index (χ3v) is 3.71. The van der Waals surface area contributed by atoms with Gasteiger partial charge in [0.25, 0.3) is 0 Å². The highest BCUT2D eigenvalue weighted by molar-refractivity contribution is 6.33. The van der Waals surface area contributed by atoms with Gasteiger partial charge in [-0.2, -0.15) is 0 Å². The maximum absolute atomic E-state index is 11.5. The normalized spacial score (nSPS) is 15.4. The van der Waals surface area contributed by atoms with Crippen molar-refractivity contribution in [2.45, 2.75) is 39.0 Å². The topological polar surface area (TPSA) is 32.3 Å². The number of piperidine rings is 1. The van der Waals surface area contributed by atoms with Crippen molar-refractivity contribution in [1.82, 2.24) is 0 Å². The molecule has 0 saturated carbocycles. The van der Waals surface area contributed by atoms with E-state index < -0.39 is 0 Å². The van der Waals surface area contributed by atoms with Crippen LogP contribution in [0, 0.1) is 0 Å². The fourth-order valence-corrected chi connectivity index (χ4v) is 2.73. The summed E-state index contributed by atoms with van der Waals surface area (Å²) in [5, 5.41) is 3.59. The van der Waals surface area contributed by atoms with Gasteiger partial charge < -0.3 is 10.2 Å². The van der Waals surface area contributed by atoms with Gasteiger partial charge >= 0.3 is 0 Å². The van der Waals surface area contributed by atoms with Gasteiger partial charge in [-0.15, -0.1) is 0 Å². The summed E-state index contributed by atoms with van der Waals surface area (Å²) >= 11 is 6.33. The van der Waals surface area contributed by atoms with Crippen LogP contribution in [0.3, 0.4) is 0 Å². The monoisotopic (exact) mass is 280 g/mol. The van der Waals surface area contributed by atoms with Gasteiger partial charge in [-0.3, -0.25) is 4.79 Å². The summed E-state index contributed by atoms with van der Waals surface area (Å²) in [7, 11) is 0. The molecule has 0 aliphatic carbocycles. The molecule has 1 N–H and O–H groups in total. The molecule has 0 spiro atoms. The summed E-state index contributed by atoms with van der Waals surface area (Å²) in [6.45, 7) is 4.13. The molecular weight excluding hydrogens is 260 g/mol. The van der Waals surface area contributed by atoms with Crippen LogP contribution >= 0.6 is 11.6 Å². The van der Waals surface area contributed by atoms with E-state index >= 15 is 0 Å². The number of nitrogens with one attached hydrogen (secondary N) is 1. The summed E-state index contributed by atoms with van der Waals surface area (Å²) in [5.74, 6) is 0.0456. The minimum absolute atomic E-state index is 0.0456. The van der Waals surface area contributed by atoms with Crippen molar-refractivity contribution < 1.29 is 4.79 Å². The van der Waals surface area contributed by atoms with Crippen molar-refractivity contribution in [2.24, 2.45) is 0 Å². The van der Waals surface area contributed by atoms with Gasteiger partial charge in [-0.05, 0) is 43.9 Å². The Morgan fingerprint density at radius 2 is 2.05 bits per heavy atom. The van der Waals surface area contributed by atoms with Gasteiger partial charge in [0.1, 0.15) is 0 Å². The molecule has 3 nitrogen and oxygen atoms in total. The average Bonchev–Trinajstić information content (AvgIpc) is 2.40. The third kappa shape index (κ3) is 3.87. The second-order valence-corrected chi connectivity index (χ2v) is 5.42. The summed E-state index contributed by atoms with van der Waals surface area (Å²) in [6.07, 6.45) is 5.16. The number of carbonyl (C=O) groups is 1. The molecule has 1 aliphatic rings. The lowest BCUT2D eigenvalue weighted by Crippen LogP contribution is -2.29. The molecule has 1 aromatic carbocycles. The number of anilines is 2. The Kier molecular flexibility index (Phi) is 5.08. The predicted molar refractivity (Wildman–Crippen MR) is 81.1 cm³/mol. The lowest BCUT2D eigenvalue weighted by Gasteiger charge is -2.29. The van der Waals surface area contributed by atoms with Crippen LogP contribution in [0.1, 0.15) is 39.0 Å². The first-order chi connectivity index (χ1) is 9.20. The molecule has 1 amide bonds. The lowest BCUT2D eigenvalue weighted by molar-refractivity contribution is -0.116. The molecule has 0 aromatic heterocycles. The number of hydrogen-bond acceptors (Lipinski definition) is 2. The zero-order chi connectivity index (χ0) is 13.7. The summed E-state index contributed by atoms with van der Waals surface area (Å²) in [6, 6.07) is 5.79. The second-order valence-electron chi connectivity index (χ2n) is 5.01. The molecule has 2 rings (SSSR count). The molecule has 19 heavy (non-hydrogen) atoms. The minimum atomic E-state index is 0.0456. The number of carbonyl (C=O) groups excluding carboxylic acids is 1. The van der Waals surface area contributed by atoms with Crippen LogP contribution in [0.4, 0.5) is 11.4 Å². The van der Waals surface area contributed by atoms with Crippen molar-refractivity contribution in [1.29, 1.82) is 0 Å². The van der Waals surface area contributed by atoms with Gasteiger partial charge in [0.2, 0.25) is 5.91 Å². The number of hydrogen-bond donors (Lipinski definition) is 1. The highest BCUT2D eigenvalue weighted by Gasteiger charge is 2.14. The Morgan fingerprint density at radius 1 is 1.32 bits per heavy atom. The smallest absolute Gasteiger partial charge is 0.224 e. The van der Waals surface area contributed by atoms with Crippen molar-refractivity contribution in [3.05, 3.63) is 23.2 Å². The second kappa shape index (κ2) is 6.80. The van der Waals surface area contributed by atoms with E-state index in [0.717, 1.165) is 35.9 Å². The van der Waals surface area contributed by atoms with Gasteiger partial charge in [0, 0.05) is 25.2 Å². The van der Waals surface area contributed by atoms with E-state index in [1.165, 1.54) is 19.3 Å². The number of nitrogens with zero attached hydrogens (tertiary/aromatic N) is 1. The first-order valence-electron chi connectivity index (χ1n) is 7.05. The first kappa shape index (κ1) is 14.2. The Balaban J connectivity index is 2.06. The molecule has 1 heterocycles. The largest absolute Gasteiger partial charge is 0.370 e. The quantitative estimate of drug-likeness (QED) is 0.902. The summed E-state index contributed by atoms with van der Waals surface area (Å²) in [4.78, 5) is 13.9. The van der Waals surface area contributed by atoms with Crippen LogP contribution in [0.25, 0.3) is 0 Å². The van der Waals surface area contributed by atoms with E-state index in [1.807, 2.05) is 25.1 Å². The Morgan fingerprint density at radius 3 is 2.68 bits per heavy atom. The molecule has 1 saturated heterocycles. The number of rotatable bonds is 4. The number of halogens is 1. The van der Waals surface area contributed by atoms with E-state index in [2.05, 4.69) is 10.2 Å². The van der Waals surface area contributed by atoms with Gasteiger partial charge in [0.15, 0.2) is 0 Å². The number of amides is 1. The van der Waals surface area contributed by atoms with Crippen LogP contribution < -0.4 is 10.2 Å². The van der Waals surface area contributed by atoms with E-state index in [-0.39, 0.29) is 5.91 Å². The fourth-order valence-electron chi connectivity index (χ4n) is 2.43. The van der Waals surface area contributed by atoms with E-state index in [9.17, 15) is 4.79 Å². The van der Waals surface area contributed by atoms with E-state index in [0.29, 0.717) is 6.42 Å². The van der Waals surface area contributed by atoms with Crippen molar-refractivity contribution in [3.8, 4) is 0 Å². The predicted octanol–water partition coefficient (Wildman–Crippen LogP) is 4.07. The zero-order valence-electron chi connectivity index (χ0n) is 11.4. The molecular formula is C15H21ClN2O. The molecule has 1 aromatic rings. The Bertz CT molecular complexity index is 442. The Hall–Kier alpha value is -1.22. The molecule has 0 atom stereocenters. The van der Waals surface area contributed by atoms with Crippen molar-refractivity contribution >= 4 is 28.9 Å². The molecule has 104 valence electrons. The lowest BCUT2D eigenvalue weighted by atomic mass is 10.1.